The minimum atomic E-state index is -0.798. The van der Waals surface area contributed by atoms with Crippen molar-refractivity contribution in [3.05, 3.63) is 82.2 Å². The molecule has 0 amide bonds. The number of hydrogen-bond donors (Lipinski definition) is 1. The molecule has 7 heteroatoms. The molecule has 0 fully saturated rings. The van der Waals surface area contributed by atoms with Crippen LogP contribution in [0.3, 0.4) is 0 Å². The van der Waals surface area contributed by atoms with Crippen molar-refractivity contribution in [3.63, 3.8) is 0 Å². The number of ether oxygens (including phenoxy) is 2. The Bertz CT molecular complexity index is 847. The van der Waals surface area contributed by atoms with Gasteiger partial charge in [-0.1, -0.05) is 72.4 Å². The van der Waals surface area contributed by atoms with Crippen LogP contribution in [0.25, 0.3) is 0 Å². The maximum Gasteiger partial charge on any atom is 0.322 e. The van der Waals surface area contributed by atoms with E-state index < -0.39 is 10.8 Å². The molecule has 1 heterocycles. The summed E-state index contributed by atoms with van der Waals surface area (Å²) >= 11 is 2.77. The fourth-order valence-corrected chi connectivity index (χ4v) is 5.64. The van der Waals surface area contributed by atoms with Gasteiger partial charge in [-0.2, -0.15) is 0 Å². The molecule has 0 saturated heterocycles. The van der Waals surface area contributed by atoms with Crippen molar-refractivity contribution < 1.29 is 19.1 Å². The molecule has 1 aliphatic rings. The third kappa shape index (κ3) is 4.84. The van der Waals surface area contributed by atoms with E-state index in [2.05, 4.69) is 5.32 Å². The summed E-state index contributed by atoms with van der Waals surface area (Å²) in [6.45, 7) is 4.23. The van der Waals surface area contributed by atoms with Gasteiger partial charge in [-0.25, -0.2) is 0 Å². The second-order valence-electron chi connectivity index (χ2n) is 6.49. The van der Waals surface area contributed by atoms with Gasteiger partial charge >= 0.3 is 11.9 Å². The van der Waals surface area contributed by atoms with E-state index in [0.29, 0.717) is 13.2 Å². The highest BCUT2D eigenvalue weighted by Crippen LogP contribution is 2.47. The van der Waals surface area contributed by atoms with Crippen LogP contribution in [0.4, 0.5) is 0 Å². The summed E-state index contributed by atoms with van der Waals surface area (Å²) < 4.78 is 11.3. The van der Waals surface area contributed by atoms with E-state index in [1.165, 1.54) is 23.5 Å². The zero-order valence-electron chi connectivity index (χ0n) is 17.0. The van der Waals surface area contributed by atoms with Crippen LogP contribution in [0.2, 0.25) is 0 Å². The second kappa shape index (κ2) is 10.6. The van der Waals surface area contributed by atoms with Crippen LogP contribution in [-0.4, -0.2) is 36.2 Å². The van der Waals surface area contributed by atoms with Gasteiger partial charge in [0.25, 0.3) is 0 Å². The predicted molar refractivity (Wildman–Crippen MR) is 122 cm³/mol. The first-order valence-electron chi connectivity index (χ1n) is 9.82. The first-order valence-corrected chi connectivity index (χ1v) is 11.7. The molecule has 0 aromatic heterocycles. The van der Waals surface area contributed by atoms with E-state index in [9.17, 15) is 9.59 Å². The van der Waals surface area contributed by atoms with Crippen molar-refractivity contribution in [1.29, 1.82) is 0 Å². The van der Waals surface area contributed by atoms with Crippen molar-refractivity contribution in [1.82, 2.24) is 5.32 Å². The lowest BCUT2D eigenvalue weighted by Crippen LogP contribution is -2.54. The molecule has 1 aliphatic heterocycles. The number of rotatable bonds is 8. The van der Waals surface area contributed by atoms with Gasteiger partial charge in [0, 0.05) is 6.20 Å². The lowest BCUT2D eigenvalue weighted by Gasteiger charge is -2.43. The van der Waals surface area contributed by atoms with Crippen LogP contribution >= 0.6 is 23.5 Å². The molecule has 1 unspecified atom stereocenters. The Labute approximate surface area is 185 Å². The first-order chi connectivity index (χ1) is 14.6. The molecule has 3 rings (SSSR count). The Morgan fingerprint density at radius 1 is 0.967 bits per heavy atom. The Morgan fingerprint density at radius 3 is 2.07 bits per heavy atom. The highest BCUT2D eigenvalue weighted by molar-refractivity contribution is 8.23. The molecule has 1 atom stereocenters. The standard InChI is InChI=1S/C23H25NO4S2/c1-3-27-19(25)16-29-20-15-24-23(17-11-7-5-8-12-17,18-13-9-6-10-14-18)21(30-20)22(26)28-4-2/h5-15,21,24H,3-4,16H2,1-2H3. The average molecular weight is 444 g/mol. The Morgan fingerprint density at radius 2 is 1.53 bits per heavy atom. The molecule has 2 aromatic rings. The number of thioether (sulfide) groups is 2. The molecule has 0 radical (unpaired) electrons. The van der Waals surface area contributed by atoms with E-state index >= 15 is 0 Å². The van der Waals surface area contributed by atoms with Gasteiger partial charge in [-0.3, -0.25) is 9.59 Å². The van der Waals surface area contributed by atoms with Gasteiger partial charge < -0.3 is 14.8 Å². The minimum Gasteiger partial charge on any atom is -0.465 e. The Balaban J connectivity index is 2.03. The minimum absolute atomic E-state index is 0.188. The maximum absolute atomic E-state index is 13.1. The van der Waals surface area contributed by atoms with Crippen molar-refractivity contribution >= 4 is 35.5 Å². The number of nitrogens with one attached hydrogen (secondary N) is 1. The molecule has 5 nitrogen and oxygen atoms in total. The van der Waals surface area contributed by atoms with E-state index in [1.54, 1.807) is 13.8 Å². The summed E-state index contributed by atoms with van der Waals surface area (Å²) in [6, 6.07) is 19.8. The van der Waals surface area contributed by atoms with Crippen LogP contribution < -0.4 is 5.32 Å². The van der Waals surface area contributed by atoms with Gasteiger partial charge in [0.2, 0.25) is 0 Å². The number of esters is 2. The second-order valence-corrected chi connectivity index (χ2v) is 8.91. The van der Waals surface area contributed by atoms with Crippen LogP contribution in [0.5, 0.6) is 0 Å². The average Bonchev–Trinajstić information content (AvgIpc) is 2.79. The fraction of sp³-hybridized carbons (Fsp3) is 0.304. The van der Waals surface area contributed by atoms with Crippen molar-refractivity contribution in [2.75, 3.05) is 19.0 Å². The van der Waals surface area contributed by atoms with Crippen molar-refractivity contribution in [3.8, 4) is 0 Å². The largest absolute Gasteiger partial charge is 0.465 e. The summed E-state index contributed by atoms with van der Waals surface area (Å²) in [5, 5.41) is 2.93. The van der Waals surface area contributed by atoms with E-state index in [4.69, 9.17) is 9.47 Å². The smallest absolute Gasteiger partial charge is 0.322 e. The lowest BCUT2D eigenvalue weighted by atomic mass is 9.79. The quantitative estimate of drug-likeness (QED) is 0.611. The molecular weight excluding hydrogens is 418 g/mol. The number of carbonyl (C=O) groups excluding carboxylic acids is 2. The van der Waals surface area contributed by atoms with Crippen molar-refractivity contribution in [2.45, 2.75) is 24.6 Å². The highest BCUT2D eigenvalue weighted by atomic mass is 32.2. The monoisotopic (exact) mass is 443 g/mol. The Hall–Kier alpha value is -2.38. The van der Waals surface area contributed by atoms with Crippen LogP contribution in [0.15, 0.2) is 71.1 Å². The lowest BCUT2D eigenvalue weighted by molar-refractivity contribution is -0.144. The maximum atomic E-state index is 13.1. The van der Waals surface area contributed by atoms with Gasteiger partial charge in [-0.15, -0.1) is 11.8 Å². The van der Waals surface area contributed by atoms with Crippen molar-refractivity contribution in [2.24, 2.45) is 0 Å². The zero-order valence-corrected chi connectivity index (χ0v) is 18.6. The molecule has 0 bridgehead atoms. The van der Waals surface area contributed by atoms with E-state index in [-0.39, 0.29) is 17.7 Å². The Kier molecular flexibility index (Phi) is 7.87. The van der Waals surface area contributed by atoms with E-state index in [1.807, 2.05) is 66.9 Å². The molecule has 2 aromatic carbocycles. The summed E-state index contributed by atoms with van der Waals surface area (Å²) in [4.78, 5) is 24.9. The number of benzene rings is 2. The third-order valence-electron chi connectivity index (χ3n) is 4.64. The summed E-state index contributed by atoms with van der Waals surface area (Å²) in [6.07, 6.45) is 1.88. The van der Waals surface area contributed by atoms with Gasteiger partial charge in [0.15, 0.2) is 0 Å². The predicted octanol–water partition coefficient (Wildman–Crippen LogP) is 4.29. The SMILES string of the molecule is CCOC(=O)CSC1=CNC(c2ccccc2)(c2ccccc2)C(C(=O)OCC)S1. The topological polar surface area (TPSA) is 64.6 Å². The molecule has 0 aliphatic carbocycles. The number of hydrogen-bond acceptors (Lipinski definition) is 7. The molecular formula is C23H25NO4S2. The zero-order chi connectivity index (χ0) is 21.4. The first kappa shape index (κ1) is 22.3. The molecule has 30 heavy (non-hydrogen) atoms. The highest BCUT2D eigenvalue weighted by Gasteiger charge is 2.49. The molecule has 0 spiro atoms. The third-order valence-corrected chi connectivity index (χ3v) is 7.20. The summed E-state index contributed by atoms with van der Waals surface area (Å²) in [5.74, 6) is -0.391. The normalized spacial score (nSPS) is 17.4. The molecule has 158 valence electrons. The van der Waals surface area contributed by atoms with Crippen LogP contribution in [0.1, 0.15) is 25.0 Å². The van der Waals surface area contributed by atoms with Crippen LogP contribution in [-0.2, 0) is 24.6 Å². The number of carbonyl (C=O) groups is 2. The summed E-state index contributed by atoms with van der Waals surface area (Å²) in [5.41, 5.74) is 1.13. The van der Waals surface area contributed by atoms with Gasteiger partial charge in [0.1, 0.15) is 10.8 Å². The fourth-order valence-electron chi connectivity index (χ4n) is 3.38. The summed E-state index contributed by atoms with van der Waals surface area (Å²) in [7, 11) is 0. The van der Waals surface area contributed by atoms with E-state index in [0.717, 1.165) is 15.4 Å². The molecule has 1 N–H and O–H groups in total. The van der Waals surface area contributed by atoms with Crippen LogP contribution in [0, 0.1) is 0 Å². The van der Waals surface area contributed by atoms with Gasteiger partial charge in [0.05, 0.1) is 23.2 Å². The molecule has 0 saturated carbocycles. The van der Waals surface area contributed by atoms with Gasteiger partial charge in [-0.05, 0) is 25.0 Å².